The number of aryl methyl sites for hydroxylation is 2. The standard InChI is InChI=1S/C16H18O4S2/c17-13(18)5-1-3-11-7-9-21-15(11)16-12(8-10-22-16)4-2-6-14(19)20/h7-10H,1-6H2,(H,17,18)(H,19,20). The predicted octanol–water partition coefficient (Wildman–Crippen LogP) is 4.29. The molecule has 6 heteroatoms. The van der Waals surface area contributed by atoms with Crippen LogP contribution in [0.15, 0.2) is 22.9 Å². The van der Waals surface area contributed by atoms with Crippen LogP contribution in [0.3, 0.4) is 0 Å². The minimum Gasteiger partial charge on any atom is -0.481 e. The van der Waals surface area contributed by atoms with Gasteiger partial charge in [0.25, 0.3) is 0 Å². The summed E-state index contributed by atoms with van der Waals surface area (Å²) in [5.41, 5.74) is 2.38. The second-order valence-corrected chi connectivity index (χ2v) is 6.88. The zero-order valence-corrected chi connectivity index (χ0v) is 13.7. The number of carboxylic acids is 2. The van der Waals surface area contributed by atoms with Crippen molar-refractivity contribution in [3.63, 3.8) is 0 Å². The monoisotopic (exact) mass is 338 g/mol. The summed E-state index contributed by atoms with van der Waals surface area (Å²) in [7, 11) is 0. The zero-order valence-electron chi connectivity index (χ0n) is 12.1. The Hall–Kier alpha value is -1.66. The molecule has 0 amide bonds. The van der Waals surface area contributed by atoms with Crippen molar-refractivity contribution >= 4 is 34.6 Å². The first-order valence-corrected chi connectivity index (χ1v) is 8.90. The van der Waals surface area contributed by atoms with Crippen LogP contribution in [-0.2, 0) is 22.4 Å². The van der Waals surface area contributed by atoms with Crippen LogP contribution < -0.4 is 0 Å². The molecule has 4 nitrogen and oxygen atoms in total. The van der Waals surface area contributed by atoms with Crippen molar-refractivity contribution in [1.82, 2.24) is 0 Å². The third-order valence-corrected chi connectivity index (χ3v) is 5.45. The summed E-state index contributed by atoms with van der Waals surface area (Å²) in [5, 5.41) is 21.5. The number of thiophene rings is 2. The van der Waals surface area contributed by atoms with E-state index in [9.17, 15) is 9.59 Å². The number of carbonyl (C=O) groups is 2. The molecule has 118 valence electrons. The maximum atomic E-state index is 10.6. The van der Waals surface area contributed by atoms with E-state index < -0.39 is 11.9 Å². The van der Waals surface area contributed by atoms with E-state index in [0.29, 0.717) is 12.8 Å². The molecule has 0 radical (unpaired) electrons. The molecule has 2 aromatic heterocycles. The fourth-order valence-electron chi connectivity index (χ4n) is 2.32. The Morgan fingerprint density at radius 1 is 0.818 bits per heavy atom. The van der Waals surface area contributed by atoms with Gasteiger partial charge in [-0.05, 0) is 59.7 Å². The lowest BCUT2D eigenvalue weighted by Gasteiger charge is -2.05. The molecule has 2 aromatic rings. The fraction of sp³-hybridized carbons (Fsp3) is 0.375. The van der Waals surface area contributed by atoms with Gasteiger partial charge in [-0.3, -0.25) is 9.59 Å². The number of carboxylic acid groups (broad SMARTS) is 2. The molecule has 22 heavy (non-hydrogen) atoms. The normalized spacial score (nSPS) is 10.7. The average Bonchev–Trinajstić information content (AvgIpc) is 3.06. The third-order valence-electron chi connectivity index (χ3n) is 3.37. The zero-order chi connectivity index (χ0) is 15.9. The molecule has 2 rings (SSSR count). The molecule has 0 atom stereocenters. The van der Waals surface area contributed by atoms with Gasteiger partial charge in [0.05, 0.1) is 0 Å². The highest BCUT2D eigenvalue weighted by atomic mass is 32.1. The second kappa shape index (κ2) is 8.10. The predicted molar refractivity (Wildman–Crippen MR) is 88.8 cm³/mol. The molecule has 0 bridgehead atoms. The van der Waals surface area contributed by atoms with Crippen LogP contribution in [0.25, 0.3) is 9.75 Å². The fourth-order valence-corrected chi connectivity index (χ4v) is 4.47. The summed E-state index contributed by atoms with van der Waals surface area (Å²) in [6.45, 7) is 0. The first kappa shape index (κ1) is 16.7. The van der Waals surface area contributed by atoms with Crippen molar-refractivity contribution in [3.8, 4) is 9.75 Å². The van der Waals surface area contributed by atoms with Crippen LogP contribution in [0.5, 0.6) is 0 Å². The summed E-state index contributed by atoms with van der Waals surface area (Å²) in [4.78, 5) is 23.7. The Kier molecular flexibility index (Phi) is 6.15. The van der Waals surface area contributed by atoms with E-state index in [-0.39, 0.29) is 12.8 Å². The van der Waals surface area contributed by atoms with Crippen LogP contribution in [-0.4, -0.2) is 22.2 Å². The van der Waals surface area contributed by atoms with Crippen LogP contribution >= 0.6 is 22.7 Å². The van der Waals surface area contributed by atoms with E-state index >= 15 is 0 Å². The van der Waals surface area contributed by atoms with Gasteiger partial charge in [0.15, 0.2) is 0 Å². The van der Waals surface area contributed by atoms with Crippen molar-refractivity contribution in [1.29, 1.82) is 0 Å². The van der Waals surface area contributed by atoms with E-state index in [4.69, 9.17) is 10.2 Å². The van der Waals surface area contributed by atoms with Gasteiger partial charge in [0, 0.05) is 22.6 Å². The molecule has 0 saturated heterocycles. The Bertz CT molecular complexity index is 586. The van der Waals surface area contributed by atoms with Gasteiger partial charge in [-0.25, -0.2) is 0 Å². The van der Waals surface area contributed by atoms with E-state index in [1.807, 2.05) is 10.8 Å². The molecule has 0 aromatic carbocycles. The van der Waals surface area contributed by atoms with Crippen LogP contribution in [0.1, 0.15) is 36.8 Å². The molecule has 0 saturated carbocycles. The van der Waals surface area contributed by atoms with Gasteiger partial charge in [0.2, 0.25) is 0 Å². The first-order chi connectivity index (χ1) is 10.6. The van der Waals surface area contributed by atoms with Gasteiger partial charge in [-0.1, -0.05) is 0 Å². The van der Waals surface area contributed by atoms with Crippen molar-refractivity contribution < 1.29 is 19.8 Å². The van der Waals surface area contributed by atoms with Crippen LogP contribution in [0.4, 0.5) is 0 Å². The van der Waals surface area contributed by atoms with Crippen LogP contribution in [0.2, 0.25) is 0 Å². The van der Waals surface area contributed by atoms with Crippen molar-refractivity contribution in [2.45, 2.75) is 38.5 Å². The third kappa shape index (κ3) is 4.68. The summed E-state index contributed by atoms with van der Waals surface area (Å²) in [5.74, 6) is -1.52. The molecule has 0 aliphatic carbocycles. The molecule has 2 N–H and O–H groups in total. The first-order valence-electron chi connectivity index (χ1n) is 7.14. The Balaban J connectivity index is 2.05. The number of aliphatic carboxylic acids is 2. The molecule has 0 unspecified atom stereocenters. The Morgan fingerprint density at radius 2 is 1.23 bits per heavy atom. The highest BCUT2D eigenvalue weighted by molar-refractivity contribution is 7.20. The Morgan fingerprint density at radius 3 is 1.59 bits per heavy atom. The van der Waals surface area contributed by atoms with Crippen molar-refractivity contribution in [2.75, 3.05) is 0 Å². The molecule has 0 fully saturated rings. The molecular weight excluding hydrogens is 320 g/mol. The quantitative estimate of drug-likeness (QED) is 0.715. The Labute approximate surface area is 137 Å². The minimum absolute atomic E-state index is 0.186. The highest BCUT2D eigenvalue weighted by Gasteiger charge is 2.13. The second-order valence-electron chi connectivity index (χ2n) is 5.04. The topological polar surface area (TPSA) is 74.6 Å². The largest absolute Gasteiger partial charge is 0.481 e. The molecule has 0 aliphatic rings. The SMILES string of the molecule is O=C(O)CCCc1ccsc1-c1sccc1CCCC(=O)O. The summed E-state index contributed by atoms with van der Waals surface area (Å²) < 4.78 is 0. The lowest BCUT2D eigenvalue weighted by Crippen LogP contribution is -1.97. The lowest BCUT2D eigenvalue weighted by atomic mass is 10.0. The highest BCUT2D eigenvalue weighted by Crippen LogP contribution is 2.37. The minimum atomic E-state index is -0.762. The van der Waals surface area contributed by atoms with Crippen molar-refractivity contribution in [3.05, 3.63) is 34.0 Å². The van der Waals surface area contributed by atoms with Gasteiger partial charge >= 0.3 is 11.9 Å². The van der Waals surface area contributed by atoms with E-state index in [1.165, 1.54) is 20.9 Å². The number of rotatable bonds is 9. The maximum absolute atomic E-state index is 10.6. The summed E-state index contributed by atoms with van der Waals surface area (Å²) >= 11 is 3.33. The lowest BCUT2D eigenvalue weighted by molar-refractivity contribution is -0.138. The molecule has 2 heterocycles. The molecule has 0 spiro atoms. The average molecular weight is 338 g/mol. The molecular formula is C16H18O4S2. The summed E-state index contributed by atoms with van der Waals surface area (Å²) in [6, 6.07) is 4.12. The van der Waals surface area contributed by atoms with Gasteiger partial charge in [0.1, 0.15) is 0 Å². The van der Waals surface area contributed by atoms with E-state index in [0.717, 1.165) is 12.8 Å². The number of hydrogen-bond donors (Lipinski definition) is 2. The smallest absolute Gasteiger partial charge is 0.303 e. The van der Waals surface area contributed by atoms with Gasteiger partial charge in [-0.15, -0.1) is 22.7 Å². The van der Waals surface area contributed by atoms with Gasteiger partial charge in [-0.2, -0.15) is 0 Å². The van der Waals surface area contributed by atoms with Crippen molar-refractivity contribution in [2.24, 2.45) is 0 Å². The van der Waals surface area contributed by atoms with E-state index in [2.05, 4.69) is 12.1 Å². The molecule has 0 aliphatic heterocycles. The van der Waals surface area contributed by atoms with Gasteiger partial charge < -0.3 is 10.2 Å². The number of hydrogen-bond acceptors (Lipinski definition) is 4. The van der Waals surface area contributed by atoms with E-state index in [1.54, 1.807) is 22.7 Å². The maximum Gasteiger partial charge on any atom is 0.303 e. The van der Waals surface area contributed by atoms with Crippen LogP contribution in [0, 0.1) is 0 Å². The summed E-state index contributed by atoms with van der Waals surface area (Å²) in [6.07, 6.45) is 3.17.